The van der Waals surface area contributed by atoms with Crippen LogP contribution in [-0.2, 0) is 20.7 Å². The fourth-order valence-electron chi connectivity index (χ4n) is 3.01. The van der Waals surface area contributed by atoms with Crippen molar-refractivity contribution in [2.24, 2.45) is 4.99 Å². The zero-order valence-electron chi connectivity index (χ0n) is 16.6. The summed E-state index contributed by atoms with van der Waals surface area (Å²) < 4.78 is 10.7. The van der Waals surface area contributed by atoms with Gasteiger partial charge in [0.1, 0.15) is 5.75 Å². The summed E-state index contributed by atoms with van der Waals surface area (Å²) in [6.45, 7) is 0. The van der Waals surface area contributed by atoms with Crippen molar-refractivity contribution in [2.75, 3.05) is 0 Å². The molecule has 1 heterocycles. The van der Waals surface area contributed by atoms with Crippen molar-refractivity contribution in [3.8, 4) is 5.75 Å². The summed E-state index contributed by atoms with van der Waals surface area (Å²) in [5, 5.41) is 0. The second-order valence-electron chi connectivity index (χ2n) is 6.79. The van der Waals surface area contributed by atoms with Gasteiger partial charge < -0.3 is 9.47 Å². The summed E-state index contributed by atoms with van der Waals surface area (Å²) in [6.07, 6.45) is 5.02. The molecule has 3 aromatic rings. The van der Waals surface area contributed by atoms with E-state index in [1.165, 1.54) is 6.08 Å². The second kappa shape index (κ2) is 9.50. The molecule has 0 fully saturated rings. The normalized spacial score (nSPS) is 14.5. The van der Waals surface area contributed by atoms with Crippen LogP contribution in [0.4, 0.5) is 0 Å². The van der Waals surface area contributed by atoms with E-state index in [2.05, 4.69) is 4.99 Å². The van der Waals surface area contributed by atoms with E-state index < -0.39 is 11.9 Å². The molecule has 0 atom stereocenters. The van der Waals surface area contributed by atoms with Crippen LogP contribution in [0.2, 0.25) is 0 Å². The van der Waals surface area contributed by atoms with Crippen LogP contribution >= 0.6 is 0 Å². The molecule has 0 amide bonds. The van der Waals surface area contributed by atoms with Crippen LogP contribution in [-0.4, -0.2) is 17.8 Å². The molecule has 0 aromatic heterocycles. The lowest BCUT2D eigenvalue weighted by atomic mass is 10.1. The largest absolute Gasteiger partial charge is 0.423 e. The highest BCUT2D eigenvalue weighted by Crippen LogP contribution is 2.24. The fourth-order valence-corrected chi connectivity index (χ4v) is 3.01. The SMILES string of the molecule is O=C(/C=C/c1ccccc1)Oc1ccccc1/C=C1/N=C(Cc2ccccc2)OC1=O. The topological polar surface area (TPSA) is 65.0 Å². The molecule has 0 aliphatic carbocycles. The van der Waals surface area contributed by atoms with Crippen molar-refractivity contribution in [1.29, 1.82) is 0 Å². The van der Waals surface area contributed by atoms with Crippen LogP contribution in [0, 0.1) is 0 Å². The van der Waals surface area contributed by atoms with Crippen LogP contribution in [0.15, 0.2) is 102 Å². The third-order valence-electron chi connectivity index (χ3n) is 4.50. The van der Waals surface area contributed by atoms with E-state index in [9.17, 15) is 9.59 Å². The number of aliphatic imine (C=N–C) groups is 1. The number of esters is 2. The summed E-state index contributed by atoms with van der Waals surface area (Å²) in [7, 11) is 0. The van der Waals surface area contributed by atoms with Crippen molar-refractivity contribution in [2.45, 2.75) is 6.42 Å². The average molecular weight is 409 g/mol. The minimum atomic E-state index is -0.531. The van der Waals surface area contributed by atoms with E-state index in [0.29, 0.717) is 23.6 Å². The van der Waals surface area contributed by atoms with E-state index in [1.54, 1.807) is 36.4 Å². The molecule has 5 nitrogen and oxygen atoms in total. The summed E-state index contributed by atoms with van der Waals surface area (Å²) in [4.78, 5) is 28.8. The lowest BCUT2D eigenvalue weighted by molar-refractivity contribution is -0.130. The van der Waals surface area contributed by atoms with Gasteiger partial charge in [0.2, 0.25) is 5.90 Å². The molecule has 152 valence electrons. The van der Waals surface area contributed by atoms with Gasteiger partial charge in [0.25, 0.3) is 0 Å². The Morgan fingerprint density at radius 1 is 0.903 bits per heavy atom. The van der Waals surface area contributed by atoms with Gasteiger partial charge in [0.15, 0.2) is 5.70 Å². The Kier molecular flexibility index (Phi) is 6.14. The number of rotatable bonds is 6. The Bertz CT molecular complexity index is 1180. The van der Waals surface area contributed by atoms with Gasteiger partial charge in [-0.3, -0.25) is 0 Å². The van der Waals surface area contributed by atoms with Gasteiger partial charge in [-0.15, -0.1) is 0 Å². The first-order valence-corrected chi connectivity index (χ1v) is 9.77. The maximum absolute atomic E-state index is 12.2. The third kappa shape index (κ3) is 5.42. The Morgan fingerprint density at radius 3 is 2.35 bits per heavy atom. The third-order valence-corrected chi connectivity index (χ3v) is 4.50. The van der Waals surface area contributed by atoms with E-state index in [-0.39, 0.29) is 5.70 Å². The van der Waals surface area contributed by atoms with Gasteiger partial charge >= 0.3 is 11.9 Å². The first-order chi connectivity index (χ1) is 15.2. The molecule has 0 unspecified atom stereocenters. The lowest BCUT2D eigenvalue weighted by Crippen LogP contribution is -2.07. The molecule has 5 heteroatoms. The average Bonchev–Trinajstić information content (AvgIpc) is 3.13. The van der Waals surface area contributed by atoms with Crippen LogP contribution in [0.1, 0.15) is 16.7 Å². The molecule has 0 bridgehead atoms. The molecule has 0 saturated carbocycles. The molecular weight excluding hydrogens is 390 g/mol. The molecule has 3 aromatic carbocycles. The number of hydrogen-bond acceptors (Lipinski definition) is 5. The number of ether oxygens (including phenoxy) is 2. The zero-order valence-corrected chi connectivity index (χ0v) is 16.6. The predicted octanol–water partition coefficient (Wildman–Crippen LogP) is 4.84. The van der Waals surface area contributed by atoms with Crippen LogP contribution < -0.4 is 4.74 Å². The van der Waals surface area contributed by atoms with Crippen LogP contribution in [0.3, 0.4) is 0 Å². The molecule has 4 rings (SSSR count). The number of nitrogens with zero attached hydrogens (tertiary/aromatic N) is 1. The van der Waals surface area contributed by atoms with E-state index in [0.717, 1.165) is 11.1 Å². The van der Waals surface area contributed by atoms with Gasteiger partial charge in [-0.2, -0.15) is 0 Å². The summed E-state index contributed by atoms with van der Waals surface area (Å²) >= 11 is 0. The highest BCUT2D eigenvalue weighted by Gasteiger charge is 2.23. The Morgan fingerprint density at radius 2 is 1.58 bits per heavy atom. The molecule has 0 saturated heterocycles. The number of carbonyl (C=O) groups excluding carboxylic acids is 2. The lowest BCUT2D eigenvalue weighted by Gasteiger charge is -2.05. The van der Waals surface area contributed by atoms with E-state index in [4.69, 9.17) is 9.47 Å². The van der Waals surface area contributed by atoms with Crippen molar-refractivity contribution >= 4 is 30.0 Å². The minimum absolute atomic E-state index is 0.161. The number of hydrogen-bond donors (Lipinski definition) is 0. The van der Waals surface area contributed by atoms with Gasteiger partial charge in [-0.05, 0) is 29.3 Å². The van der Waals surface area contributed by atoms with Gasteiger partial charge in [0.05, 0.1) is 0 Å². The van der Waals surface area contributed by atoms with Crippen molar-refractivity contribution in [1.82, 2.24) is 0 Å². The van der Waals surface area contributed by atoms with Crippen molar-refractivity contribution in [3.05, 3.63) is 113 Å². The molecule has 0 radical (unpaired) electrons. The quantitative estimate of drug-likeness (QED) is 0.332. The second-order valence-corrected chi connectivity index (χ2v) is 6.79. The van der Waals surface area contributed by atoms with Gasteiger partial charge in [0, 0.05) is 18.1 Å². The van der Waals surface area contributed by atoms with E-state index in [1.807, 2.05) is 60.7 Å². The van der Waals surface area contributed by atoms with E-state index >= 15 is 0 Å². The molecule has 1 aliphatic rings. The Balaban J connectivity index is 1.50. The first kappa shape index (κ1) is 20.0. The molecular formula is C26H19NO4. The smallest absolute Gasteiger partial charge is 0.363 e. The maximum Gasteiger partial charge on any atom is 0.363 e. The fraction of sp³-hybridized carbons (Fsp3) is 0.0385. The highest BCUT2D eigenvalue weighted by molar-refractivity contribution is 6.07. The summed E-state index contributed by atoms with van der Waals surface area (Å²) in [5.74, 6) is -0.382. The van der Waals surface area contributed by atoms with Crippen LogP contribution in [0.5, 0.6) is 5.75 Å². The molecule has 0 N–H and O–H groups in total. The highest BCUT2D eigenvalue weighted by atomic mass is 16.6. The molecule has 31 heavy (non-hydrogen) atoms. The molecule has 0 spiro atoms. The van der Waals surface area contributed by atoms with Crippen molar-refractivity contribution < 1.29 is 19.1 Å². The minimum Gasteiger partial charge on any atom is -0.423 e. The van der Waals surface area contributed by atoms with Gasteiger partial charge in [-0.25, -0.2) is 14.6 Å². The Labute approximate surface area is 180 Å². The molecule has 1 aliphatic heterocycles. The number of carbonyl (C=O) groups is 2. The summed E-state index contributed by atoms with van der Waals surface area (Å²) in [6, 6.07) is 26.0. The Hall–Kier alpha value is -4.25. The van der Waals surface area contributed by atoms with Crippen LogP contribution in [0.25, 0.3) is 12.2 Å². The predicted molar refractivity (Wildman–Crippen MR) is 119 cm³/mol. The zero-order chi connectivity index (χ0) is 21.5. The standard InChI is InChI=1S/C26H19NO4/c28-25(16-15-19-9-3-1-4-10-19)30-23-14-8-7-13-21(23)18-22-26(29)31-24(27-22)17-20-11-5-2-6-12-20/h1-16,18H,17H2/b16-15+,22-18+. The van der Waals surface area contributed by atoms with Gasteiger partial charge in [-0.1, -0.05) is 78.9 Å². The number of cyclic esters (lactones) is 1. The van der Waals surface area contributed by atoms with Crippen molar-refractivity contribution in [3.63, 3.8) is 0 Å². The maximum atomic E-state index is 12.2. The number of benzene rings is 3. The summed E-state index contributed by atoms with van der Waals surface area (Å²) in [5.41, 5.74) is 2.61. The number of para-hydroxylation sites is 1. The first-order valence-electron chi connectivity index (χ1n) is 9.77. The monoisotopic (exact) mass is 409 g/mol.